The third-order valence-corrected chi connectivity index (χ3v) is 2.84. The van der Waals surface area contributed by atoms with Gasteiger partial charge < -0.3 is 10.1 Å². The third kappa shape index (κ3) is 2.06. The first-order chi connectivity index (χ1) is 8.43. The van der Waals surface area contributed by atoms with Crippen LogP contribution in [0.25, 0.3) is 0 Å². The Hall–Kier alpha value is -2.10. The Balaban J connectivity index is 1.86. The standard InChI is InChI=1S/C13H13N3O/c1-2-4-12-10(3-1)11(5-8-17-12)16-13-9-14-6-7-15-13/h1-4,6-7,9,11H,5,8H2,(H,15,16)/t11-/m1/s1. The number of benzene rings is 1. The van der Waals surface area contributed by atoms with Gasteiger partial charge in [-0.05, 0) is 6.07 Å². The van der Waals surface area contributed by atoms with Gasteiger partial charge in [0.1, 0.15) is 11.6 Å². The second kappa shape index (κ2) is 4.41. The van der Waals surface area contributed by atoms with Crippen molar-refractivity contribution < 1.29 is 4.74 Å². The fourth-order valence-electron chi connectivity index (χ4n) is 2.04. The summed E-state index contributed by atoms with van der Waals surface area (Å²) in [5.74, 6) is 1.76. The van der Waals surface area contributed by atoms with Gasteiger partial charge in [-0.1, -0.05) is 18.2 Å². The highest BCUT2D eigenvalue weighted by atomic mass is 16.5. The van der Waals surface area contributed by atoms with E-state index < -0.39 is 0 Å². The number of rotatable bonds is 2. The van der Waals surface area contributed by atoms with Crippen LogP contribution in [-0.4, -0.2) is 16.6 Å². The molecule has 1 aromatic heterocycles. The minimum Gasteiger partial charge on any atom is -0.493 e. The summed E-state index contributed by atoms with van der Waals surface area (Å²) >= 11 is 0. The fraction of sp³-hybridized carbons (Fsp3) is 0.231. The molecule has 0 saturated carbocycles. The summed E-state index contributed by atoms with van der Waals surface area (Å²) in [4.78, 5) is 8.28. The molecule has 0 unspecified atom stereocenters. The number of nitrogens with one attached hydrogen (secondary N) is 1. The quantitative estimate of drug-likeness (QED) is 0.855. The van der Waals surface area contributed by atoms with E-state index >= 15 is 0 Å². The van der Waals surface area contributed by atoms with E-state index in [0.29, 0.717) is 0 Å². The lowest BCUT2D eigenvalue weighted by Crippen LogP contribution is -2.20. The van der Waals surface area contributed by atoms with Gasteiger partial charge in [-0.3, -0.25) is 4.98 Å². The Morgan fingerprint density at radius 2 is 2.18 bits per heavy atom. The zero-order chi connectivity index (χ0) is 11.5. The summed E-state index contributed by atoms with van der Waals surface area (Å²) in [5.41, 5.74) is 1.18. The summed E-state index contributed by atoms with van der Waals surface area (Å²) in [6.45, 7) is 0.731. The molecule has 0 spiro atoms. The van der Waals surface area contributed by atoms with E-state index in [0.717, 1.165) is 24.6 Å². The number of anilines is 1. The van der Waals surface area contributed by atoms with E-state index in [1.807, 2.05) is 18.2 Å². The summed E-state index contributed by atoms with van der Waals surface area (Å²) in [7, 11) is 0. The van der Waals surface area contributed by atoms with Crippen molar-refractivity contribution in [1.82, 2.24) is 9.97 Å². The molecule has 2 aromatic rings. The van der Waals surface area contributed by atoms with Crippen LogP contribution < -0.4 is 10.1 Å². The van der Waals surface area contributed by atoms with Gasteiger partial charge in [0.15, 0.2) is 0 Å². The van der Waals surface area contributed by atoms with E-state index in [-0.39, 0.29) is 6.04 Å². The molecule has 3 rings (SSSR count). The first kappa shape index (κ1) is 10.1. The number of nitrogens with zero attached hydrogens (tertiary/aromatic N) is 2. The Morgan fingerprint density at radius 3 is 3.06 bits per heavy atom. The van der Waals surface area contributed by atoms with Crippen LogP contribution in [0.5, 0.6) is 5.75 Å². The highest BCUT2D eigenvalue weighted by molar-refractivity contribution is 5.43. The molecule has 0 saturated heterocycles. The van der Waals surface area contributed by atoms with Crippen LogP contribution in [-0.2, 0) is 0 Å². The second-order valence-electron chi connectivity index (χ2n) is 3.96. The molecule has 0 fully saturated rings. The topological polar surface area (TPSA) is 47.0 Å². The number of aromatic nitrogens is 2. The maximum atomic E-state index is 5.62. The number of para-hydroxylation sites is 1. The Bertz CT molecular complexity index is 501. The van der Waals surface area contributed by atoms with Crippen molar-refractivity contribution in [3.63, 3.8) is 0 Å². The molecule has 4 nitrogen and oxygen atoms in total. The number of hydrogen-bond acceptors (Lipinski definition) is 4. The molecule has 0 aliphatic carbocycles. The van der Waals surface area contributed by atoms with Gasteiger partial charge >= 0.3 is 0 Å². The van der Waals surface area contributed by atoms with Crippen molar-refractivity contribution in [1.29, 1.82) is 0 Å². The average Bonchev–Trinajstić information content (AvgIpc) is 2.40. The van der Waals surface area contributed by atoms with Gasteiger partial charge in [0, 0.05) is 24.4 Å². The van der Waals surface area contributed by atoms with Crippen molar-refractivity contribution in [2.45, 2.75) is 12.5 Å². The molecule has 86 valence electrons. The molecule has 1 atom stereocenters. The number of hydrogen-bond donors (Lipinski definition) is 1. The lowest BCUT2D eigenvalue weighted by molar-refractivity contribution is 0.274. The molecule has 1 aliphatic rings. The van der Waals surface area contributed by atoms with Crippen LogP contribution in [0.4, 0.5) is 5.82 Å². The predicted molar refractivity (Wildman–Crippen MR) is 64.9 cm³/mol. The van der Waals surface area contributed by atoms with Gasteiger partial charge in [0.25, 0.3) is 0 Å². The summed E-state index contributed by atoms with van der Waals surface area (Å²) in [6.07, 6.45) is 6.03. The molecule has 0 radical (unpaired) electrons. The van der Waals surface area contributed by atoms with Gasteiger partial charge in [-0.25, -0.2) is 4.98 Å². The number of ether oxygens (including phenoxy) is 1. The van der Waals surface area contributed by atoms with Crippen LogP contribution in [0.15, 0.2) is 42.9 Å². The smallest absolute Gasteiger partial charge is 0.144 e. The van der Waals surface area contributed by atoms with Gasteiger partial charge in [-0.15, -0.1) is 0 Å². The van der Waals surface area contributed by atoms with Crippen LogP contribution in [0, 0.1) is 0 Å². The summed E-state index contributed by atoms with van der Waals surface area (Å²) in [6, 6.07) is 8.35. The monoisotopic (exact) mass is 227 g/mol. The SMILES string of the molecule is c1ccc2c(c1)OCC[C@H]2Nc1cnccn1. The van der Waals surface area contributed by atoms with Crippen molar-refractivity contribution >= 4 is 5.82 Å². The molecule has 4 heteroatoms. The second-order valence-corrected chi connectivity index (χ2v) is 3.96. The minimum absolute atomic E-state index is 0.247. The van der Waals surface area contributed by atoms with Crippen molar-refractivity contribution in [3.05, 3.63) is 48.4 Å². The van der Waals surface area contributed by atoms with Crippen LogP contribution in [0.1, 0.15) is 18.0 Å². The zero-order valence-electron chi connectivity index (χ0n) is 9.34. The molecule has 17 heavy (non-hydrogen) atoms. The van der Waals surface area contributed by atoms with Crippen LogP contribution >= 0.6 is 0 Å². The van der Waals surface area contributed by atoms with Crippen LogP contribution in [0.2, 0.25) is 0 Å². The molecular formula is C13H13N3O. The molecule has 1 aliphatic heterocycles. The first-order valence-corrected chi connectivity index (χ1v) is 5.68. The predicted octanol–water partition coefficient (Wildman–Crippen LogP) is 2.41. The third-order valence-electron chi connectivity index (χ3n) is 2.84. The molecule has 1 aromatic carbocycles. The van der Waals surface area contributed by atoms with E-state index in [4.69, 9.17) is 4.74 Å². The average molecular weight is 227 g/mol. The number of fused-ring (bicyclic) bond motifs is 1. The van der Waals surface area contributed by atoms with Gasteiger partial charge in [0.05, 0.1) is 18.8 Å². The Kier molecular flexibility index (Phi) is 2.62. The van der Waals surface area contributed by atoms with Crippen molar-refractivity contribution in [3.8, 4) is 5.75 Å². The van der Waals surface area contributed by atoms with Gasteiger partial charge in [0.2, 0.25) is 0 Å². The molecule has 1 N–H and O–H groups in total. The normalized spacial score (nSPS) is 18.0. The zero-order valence-corrected chi connectivity index (χ0v) is 9.34. The Morgan fingerprint density at radius 1 is 1.24 bits per heavy atom. The highest BCUT2D eigenvalue weighted by Gasteiger charge is 2.20. The molecule has 0 amide bonds. The van der Waals surface area contributed by atoms with Crippen LogP contribution in [0.3, 0.4) is 0 Å². The molecule has 2 heterocycles. The maximum absolute atomic E-state index is 5.62. The Labute approximate surface area is 99.7 Å². The maximum Gasteiger partial charge on any atom is 0.144 e. The lowest BCUT2D eigenvalue weighted by atomic mass is 10.0. The van der Waals surface area contributed by atoms with E-state index in [1.54, 1.807) is 18.6 Å². The fourth-order valence-corrected chi connectivity index (χ4v) is 2.04. The van der Waals surface area contributed by atoms with Crippen molar-refractivity contribution in [2.75, 3.05) is 11.9 Å². The van der Waals surface area contributed by atoms with E-state index in [9.17, 15) is 0 Å². The largest absolute Gasteiger partial charge is 0.493 e. The molecular weight excluding hydrogens is 214 g/mol. The first-order valence-electron chi connectivity index (χ1n) is 5.68. The van der Waals surface area contributed by atoms with Crippen molar-refractivity contribution in [2.24, 2.45) is 0 Å². The highest BCUT2D eigenvalue weighted by Crippen LogP contribution is 2.33. The summed E-state index contributed by atoms with van der Waals surface area (Å²) < 4.78 is 5.62. The minimum atomic E-state index is 0.247. The lowest BCUT2D eigenvalue weighted by Gasteiger charge is -2.26. The van der Waals surface area contributed by atoms with E-state index in [1.165, 1.54) is 5.56 Å². The molecule has 0 bridgehead atoms. The van der Waals surface area contributed by atoms with Gasteiger partial charge in [-0.2, -0.15) is 0 Å². The van der Waals surface area contributed by atoms with E-state index in [2.05, 4.69) is 21.4 Å². The summed E-state index contributed by atoms with van der Waals surface area (Å²) in [5, 5.41) is 3.38.